The third-order valence-corrected chi connectivity index (χ3v) is 5.61. The Balaban J connectivity index is 2.33. The molecule has 1 N–H and O–H groups in total. The van der Waals surface area contributed by atoms with E-state index in [0.29, 0.717) is 44.9 Å². The van der Waals surface area contributed by atoms with Crippen LogP contribution in [0.3, 0.4) is 0 Å². The molecule has 0 aromatic heterocycles. The molecule has 10 heteroatoms. The fourth-order valence-electron chi connectivity index (χ4n) is 3.57. The summed E-state index contributed by atoms with van der Waals surface area (Å²) in [5, 5.41) is 3.29. The third-order valence-electron chi connectivity index (χ3n) is 5.61. The van der Waals surface area contributed by atoms with E-state index in [2.05, 4.69) is 31.7 Å². The van der Waals surface area contributed by atoms with Crippen molar-refractivity contribution in [3.8, 4) is 0 Å². The van der Waals surface area contributed by atoms with Crippen LogP contribution in [0.2, 0.25) is 0 Å². The van der Waals surface area contributed by atoms with E-state index >= 15 is 0 Å². The molecule has 0 saturated carbocycles. The molecule has 0 spiro atoms. The Labute approximate surface area is 186 Å². The van der Waals surface area contributed by atoms with E-state index in [0.717, 1.165) is 45.8 Å². The summed E-state index contributed by atoms with van der Waals surface area (Å²) in [7, 11) is 4.17. The predicted molar refractivity (Wildman–Crippen MR) is 117 cm³/mol. The molecule has 0 amide bonds. The first-order valence-corrected chi connectivity index (χ1v) is 11.0. The molecule has 0 aliphatic carbocycles. The Hall–Kier alpha value is -1.75. The SMILES string of the molecule is COC(=O)CCNCCN1CCN(CCN(CCC(=O)OC)CCC(=O)OC)C[C@@H]1C. The van der Waals surface area contributed by atoms with Crippen LogP contribution in [0, 0.1) is 0 Å². The van der Waals surface area contributed by atoms with E-state index < -0.39 is 0 Å². The highest BCUT2D eigenvalue weighted by Gasteiger charge is 2.23. The Morgan fingerprint density at radius 1 is 0.839 bits per heavy atom. The van der Waals surface area contributed by atoms with Crippen LogP contribution in [0.25, 0.3) is 0 Å². The zero-order valence-electron chi connectivity index (χ0n) is 19.6. The van der Waals surface area contributed by atoms with Crippen molar-refractivity contribution >= 4 is 17.9 Å². The summed E-state index contributed by atoms with van der Waals surface area (Å²) in [6.45, 7) is 10.4. The van der Waals surface area contributed by atoms with Gasteiger partial charge >= 0.3 is 17.9 Å². The summed E-state index contributed by atoms with van der Waals surface area (Å²) < 4.78 is 14.1. The highest BCUT2D eigenvalue weighted by Crippen LogP contribution is 2.09. The molecule has 10 nitrogen and oxygen atoms in total. The van der Waals surface area contributed by atoms with Gasteiger partial charge in [0.05, 0.1) is 40.6 Å². The number of piperazine rings is 1. The van der Waals surface area contributed by atoms with Gasteiger partial charge in [0.15, 0.2) is 0 Å². The number of hydrogen-bond acceptors (Lipinski definition) is 10. The summed E-state index contributed by atoms with van der Waals surface area (Å²) >= 11 is 0. The molecule has 0 bridgehead atoms. The standard InChI is InChI=1S/C21H40N4O6/c1-18-17-24(15-16-25(18)12-9-22-8-5-19(26)29-2)14-13-23(10-6-20(27)30-3)11-7-21(28)31-4/h18,22H,5-17H2,1-4H3/t18-/m0/s1. The monoisotopic (exact) mass is 444 g/mol. The van der Waals surface area contributed by atoms with Crippen molar-refractivity contribution in [2.45, 2.75) is 32.2 Å². The van der Waals surface area contributed by atoms with Gasteiger partial charge in [-0.2, -0.15) is 0 Å². The van der Waals surface area contributed by atoms with Crippen molar-refractivity contribution < 1.29 is 28.6 Å². The topological polar surface area (TPSA) is 101 Å². The maximum Gasteiger partial charge on any atom is 0.306 e. The maximum absolute atomic E-state index is 11.5. The predicted octanol–water partition coefficient (Wildman–Crippen LogP) is -0.427. The first kappa shape index (κ1) is 27.3. The average molecular weight is 445 g/mol. The van der Waals surface area contributed by atoms with Gasteiger partial charge in [0, 0.05) is 71.5 Å². The number of hydrogen-bond donors (Lipinski definition) is 1. The Bertz CT molecular complexity index is 528. The molecule has 1 aliphatic rings. The van der Waals surface area contributed by atoms with Crippen LogP contribution in [-0.4, -0.2) is 125 Å². The molecule has 1 heterocycles. The van der Waals surface area contributed by atoms with E-state index in [4.69, 9.17) is 9.47 Å². The van der Waals surface area contributed by atoms with Crippen molar-refractivity contribution in [2.24, 2.45) is 0 Å². The summed E-state index contributed by atoms with van der Waals surface area (Å²) in [5.74, 6) is -0.683. The van der Waals surface area contributed by atoms with E-state index in [1.807, 2.05) is 0 Å². The Morgan fingerprint density at radius 3 is 1.97 bits per heavy atom. The Kier molecular flexibility index (Phi) is 14.1. The number of methoxy groups -OCH3 is 3. The summed E-state index contributed by atoms with van der Waals surface area (Å²) in [6.07, 6.45) is 1.01. The lowest BCUT2D eigenvalue weighted by Crippen LogP contribution is -2.54. The molecule has 1 rings (SSSR count). The highest BCUT2D eigenvalue weighted by atomic mass is 16.5. The number of carbonyl (C=O) groups excluding carboxylic acids is 3. The van der Waals surface area contributed by atoms with Crippen molar-refractivity contribution in [2.75, 3.05) is 86.8 Å². The van der Waals surface area contributed by atoms with Crippen molar-refractivity contribution in [3.05, 3.63) is 0 Å². The van der Waals surface area contributed by atoms with Crippen LogP contribution in [-0.2, 0) is 28.6 Å². The van der Waals surface area contributed by atoms with Gasteiger partial charge in [0.2, 0.25) is 0 Å². The number of carbonyl (C=O) groups is 3. The fourth-order valence-corrected chi connectivity index (χ4v) is 3.57. The Morgan fingerprint density at radius 2 is 1.42 bits per heavy atom. The van der Waals surface area contributed by atoms with Crippen LogP contribution in [0.5, 0.6) is 0 Å². The lowest BCUT2D eigenvalue weighted by atomic mass is 10.2. The zero-order chi connectivity index (χ0) is 23.1. The minimum absolute atomic E-state index is 0.193. The molecule has 31 heavy (non-hydrogen) atoms. The van der Waals surface area contributed by atoms with Gasteiger partial charge in [-0.3, -0.25) is 24.2 Å². The molecule has 1 aliphatic heterocycles. The van der Waals surface area contributed by atoms with Gasteiger partial charge < -0.3 is 24.4 Å². The summed E-state index contributed by atoms with van der Waals surface area (Å²) in [5.41, 5.74) is 0. The number of nitrogens with zero attached hydrogens (tertiary/aromatic N) is 3. The molecular formula is C21H40N4O6. The second-order valence-electron chi connectivity index (χ2n) is 7.76. The van der Waals surface area contributed by atoms with Gasteiger partial charge in [-0.25, -0.2) is 0 Å². The molecule has 0 aromatic rings. The third kappa shape index (κ3) is 12.0. The molecule has 0 unspecified atom stereocenters. The first-order valence-electron chi connectivity index (χ1n) is 11.0. The maximum atomic E-state index is 11.5. The molecule has 1 fully saturated rings. The van der Waals surface area contributed by atoms with Gasteiger partial charge in [0.1, 0.15) is 0 Å². The quantitative estimate of drug-likeness (QED) is 0.203. The number of nitrogens with one attached hydrogen (secondary N) is 1. The van der Waals surface area contributed by atoms with Crippen LogP contribution in [0.15, 0.2) is 0 Å². The highest BCUT2D eigenvalue weighted by molar-refractivity contribution is 5.70. The van der Waals surface area contributed by atoms with E-state index in [9.17, 15) is 14.4 Å². The lowest BCUT2D eigenvalue weighted by Gasteiger charge is -2.40. The van der Waals surface area contributed by atoms with Crippen molar-refractivity contribution in [1.82, 2.24) is 20.0 Å². The minimum Gasteiger partial charge on any atom is -0.469 e. The first-order chi connectivity index (χ1) is 14.9. The van der Waals surface area contributed by atoms with Crippen LogP contribution in [0.1, 0.15) is 26.2 Å². The van der Waals surface area contributed by atoms with Gasteiger partial charge in [-0.1, -0.05) is 0 Å². The average Bonchev–Trinajstić information content (AvgIpc) is 2.78. The zero-order valence-corrected chi connectivity index (χ0v) is 19.6. The van der Waals surface area contributed by atoms with E-state index in [-0.39, 0.29) is 17.9 Å². The van der Waals surface area contributed by atoms with Gasteiger partial charge in [-0.05, 0) is 6.92 Å². The normalized spacial score (nSPS) is 17.5. The van der Waals surface area contributed by atoms with Gasteiger partial charge in [0.25, 0.3) is 0 Å². The van der Waals surface area contributed by atoms with Crippen molar-refractivity contribution in [3.63, 3.8) is 0 Å². The number of ether oxygens (including phenoxy) is 3. The summed E-state index contributed by atoms with van der Waals surface area (Å²) in [6, 6.07) is 0.440. The smallest absolute Gasteiger partial charge is 0.306 e. The van der Waals surface area contributed by atoms with E-state index in [1.165, 1.54) is 21.3 Å². The van der Waals surface area contributed by atoms with Crippen molar-refractivity contribution in [1.29, 1.82) is 0 Å². The van der Waals surface area contributed by atoms with Crippen LogP contribution in [0.4, 0.5) is 0 Å². The number of esters is 3. The molecule has 0 aromatic carbocycles. The molecular weight excluding hydrogens is 404 g/mol. The summed E-state index contributed by atoms with van der Waals surface area (Å²) in [4.78, 5) is 41.1. The van der Waals surface area contributed by atoms with Crippen LogP contribution >= 0.6 is 0 Å². The minimum atomic E-state index is -0.245. The van der Waals surface area contributed by atoms with E-state index in [1.54, 1.807) is 0 Å². The largest absolute Gasteiger partial charge is 0.469 e. The molecule has 180 valence electrons. The second-order valence-corrected chi connectivity index (χ2v) is 7.76. The lowest BCUT2D eigenvalue weighted by molar-refractivity contribution is -0.142. The second kappa shape index (κ2) is 16.0. The fraction of sp³-hybridized carbons (Fsp3) is 0.857. The number of rotatable bonds is 15. The van der Waals surface area contributed by atoms with Gasteiger partial charge in [-0.15, -0.1) is 0 Å². The molecule has 0 radical (unpaired) electrons. The molecule has 1 atom stereocenters. The van der Waals surface area contributed by atoms with Crippen LogP contribution < -0.4 is 5.32 Å². The molecule has 1 saturated heterocycles.